The van der Waals surface area contributed by atoms with Crippen molar-refractivity contribution >= 4 is 0 Å². The van der Waals surface area contributed by atoms with Crippen LogP contribution in [0.5, 0.6) is 23.0 Å². The third-order valence-corrected chi connectivity index (χ3v) is 5.91. The van der Waals surface area contributed by atoms with Crippen LogP contribution in [-0.2, 0) is 0 Å². The second-order valence-corrected chi connectivity index (χ2v) is 8.94. The molecule has 3 nitrogen and oxygen atoms in total. The number of ether oxygens (including phenoxy) is 3. The minimum Gasteiger partial charge on any atom is -0.490 e. The van der Waals surface area contributed by atoms with E-state index in [0.29, 0.717) is 6.61 Å². The second kappa shape index (κ2) is 18.3. The van der Waals surface area contributed by atoms with E-state index in [9.17, 15) is 0 Å². The van der Waals surface area contributed by atoms with Crippen LogP contribution in [0.15, 0.2) is 48.5 Å². The lowest BCUT2D eigenvalue weighted by Crippen LogP contribution is -2.04. The van der Waals surface area contributed by atoms with Crippen LogP contribution in [0.1, 0.15) is 104 Å². The van der Waals surface area contributed by atoms with Gasteiger partial charge in [-0.1, -0.05) is 115 Å². The van der Waals surface area contributed by atoms with Gasteiger partial charge in [-0.05, 0) is 37.1 Å². The fourth-order valence-electron chi connectivity index (χ4n) is 3.92. The molecule has 0 fully saturated rings. The molecule has 0 aliphatic heterocycles. The molecule has 0 aromatic heterocycles. The van der Waals surface area contributed by atoms with Crippen LogP contribution in [0.25, 0.3) is 0 Å². The summed E-state index contributed by atoms with van der Waals surface area (Å²) in [5, 5.41) is 0. The quantitative estimate of drug-likeness (QED) is 0.186. The van der Waals surface area contributed by atoms with Crippen LogP contribution in [0.2, 0.25) is 0 Å². The molecule has 0 atom stereocenters. The summed E-state index contributed by atoms with van der Waals surface area (Å²) in [5.74, 6) is 3.05. The van der Waals surface area contributed by atoms with Crippen molar-refractivity contribution < 1.29 is 14.2 Å². The fourth-order valence-corrected chi connectivity index (χ4v) is 3.92. The highest BCUT2D eigenvalue weighted by molar-refractivity contribution is 5.52. The van der Waals surface area contributed by atoms with Crippen LogP contribution in [-0.4, -0.2) is 13.2 Å². The van der Waals surface area contributed by atoms with Crippen LogP contribution in [0.3, 0.4) is 0 Å². The second-order valence-electron chi connectivity index (χ2n) is 8.94. The summed E-state index contributed by atoms with van der Waals surface area (Å²) in [7, 11) is 0. The predicted molar refractivity (Wildman–Crippen MR) is 140 cm³/mol. The lowest BCUT2D eigenvalue weighted by atomic mass is 10.1. The summed E-state index contributed by atoms with van der Waals surface area (Å²) in [6, 6.07) is 15.8. The summed E-state index contributed by atoms with van der Waals surface area (Å²) >= 11 is 0. The van der Waals surface area contributed by atoms with Gasteiger partial charge in [0.15, 0.2) is 11.5 Å². The van der Waals surface area contributed by atoms with Gasteiger partial charge in [-0.2, -0.15) is 0 Å². The maximum Gasteiger partial charge on any atom is 0.204 e. The third-order valence-electron chi connectivity index (χ3n) is 5.91. The predicted octanol–water partition coefficient (Wildman–Crippen LogP) is 9.74. The van der Waals surface area contributed by atoms with E-state index in [1.165, 1.54) is 77.0 Å². The van der Waals surface area contributed by atoms with Gasteiger partial charge in [-0.3, -0.25) is 0 Å². The maximum absolute atomic E-state index is 6.24. The van der Waals surface area contributed by atoms with E-state index in [0.717, 1.165) is 42.4 Å². The molecule has 2 rings (SSSR count). The highest BCUT2D eigenvalue weighted by Crippen LogP contribution is 2.40. The molecule has 0 N–H and O–H groups in total. The van der Waals surface area contributed by atoms with E-state index in [4.69, 9.17) is 14.2 Å². The summed E-state index contributed by atoms with van der Waals surface area (Å²) in [6.45, 7) is 5.93. The van der Waals surface area contributed by atoms with E-state index in [-0.39, 0.29) is 0 Å². The standard InChI is InChI=1S/C30H46O3/c1-3-5-7-9-11-13-18-25-31-28-23-20-24-29(33-27-21-16-15-17-22-27)30(28)32-26-19-14-12-10-8-6-4-2/h15-17,20-24H,3-14,18-19,25-26H2,1-2H3. The van der Waals surface area contributed by atoms with Crippen molar-refractivity contribution in [1.29, 1.82) is 0 Å². The summed E-state index contributed by atoms with van der Waals surface area (Å²) in [6.07, 6.45) is 17.8. The van der Waals surface area contributed by atoms with Crippen molar-refractivity contribution in [1.82, 2.24) is 0 Å². The molecular formula is C30H46O3. The molecule has 2 aromatic carbocycles. The summed E-state index contributed by atoms with van der Waals surface area (Å²) in [4.78, 5) is 0. The molecule has 0 saturated heterocycles. The van der Waals surface area contributed by atoms with Crippen LogP contribution >= 0.6 is 0 Å². The number of benzene rings is 2. The van der Waals surface area contributed by atoms with E-state index in [1.807, 2.05) is 48.5 Å². The lowest BCUT2D eigenvalue weighted by Gasteiger charge is -2.17. The fraction of sp³-hybridized carbons (Fsp3) is 0.600. The Labute approximate surface area is 202 Å². The largest absolute Gasteiger partial charge is 0.490 e. The van der Waals surface area contributed by atoms with Gasteiger partial charge in [0.1, 0.15) is 5.75 Å². The van der Waals surface area contributed by atoms with E-state index in [1.54, 1.807) is 0 Å². The summed E-state index contributed by atoms with van der Waals surface area (Å²) in [5.41, 5.74) is 0. The molecule has 2 aromatic rings. The van der Waals surface area contributed by atoms with E-state index in [2.05, 4.69) is 13.8 Å². The SMILES string of the molecule is CCCCCCCCCOc1cccc(Oc2ccccc2)c1OCCCCCCCCC. The number of rotatable bonds is 20. The van der Waals surface area contributed by atoms with Gasteiger partial charge in [0, 0.05) is 0 Å². The molecule has 184 valence electrons. The normalized spacial score (nSPS) is 10.8. The monoisotopic (exact) mass is 454 g/mol. The highest BCUT2D eigenvalue weighted by Gasteiger charge is 2.14. The number of para-hydroxylation sites is 2. The molecule has 0 radical (unpaired) electrons. The first kappa shape index (κ1) is 27.1. The molecule has 0 amide bonds. The molecule has 0 heterocycles. The van der Waals surface area contributed by atoms with E-state index >= 15 is 0 Å². The number of hydrogen-bond donors (Lipinski definition) is 0. The van der Waals surface area contributed by atoms with Gasteiger partial charge in [0.05, 0.1) is 13.2 Å². The van der Waals surface area contributed by atoms with Crippen LogP contribution < -0.4 is 14.2 Å². The minimum absolute atomic E-state index is 0.691. The average Bonchev–Trinajstić information content (AvgIpc) is 2.84. The third kappa shape index (κ3) is 12.0. The molecule has 0 aliphatic rings. The molecular weight excluding hydrogens is 408 g/mol. The molecule has 3 heteroatoms. The topological polar surface area (TPSA) is 27.7 Å². The van der Waals surface area contributed by atoms with Gasteiger partial charge in [-0.25, -0.2) is 0 Å². The van der Waals surface area contributed by atoms with Crippen molar-refractivity contribution in [2.24, 2.45) is 0 Å². The molecule has 0 unspecified atom stereocenters. The van der Waals surface area contributed by atoms with Crippen molar-refractivity contribution in [3.8, 4) is 23.0 Å². The zero-order chi connectivity index (χ0) is 23.4. The number of hydrogen-bond acceptors (Lipinski definition) is 3. The van der Waals surface area contributed by atoms with Gasteiger partial charge in [0.2, 0.25) is 5.75 Å². The Morgan fingerprint density at radius 3 is 1.61 bits per heavy atom. The molecule has 0 saturated carbocycles. The Balaban J connectivity index is 1.86. The number of unbranched alkanes of at least 4 members (excludes halogenated alkanes) is 12. The first-order valence-corrected chi connectivity index (χ1v) is 13.5. The molecule has 33 heavy (non-hydrogen) atoms. The van der Waals surface area contributed by atoms with Crippen molar-refractivity contribution in [3.63, 3.8) is 0 Å². The highest BCUT2D eigenvalue weighted by atomic mass is 16.5. The molecule has 0 aliphatic carbocycles. The first-order valence-electron chi connectivity index (χ1n) is 13.5. The maximum atomic E-state index is 6.24. The zero-order valence-corrected chi connectivity index (χ0v) is 21.2. The summed E-state index contributed by atoms with van der Waals surface area (Å²) < 4.78 is 18.6. The van der Waals surface area contributed by atoms with Gasteiger partial charge in [-0.15, -0.1) is 0 Å². The molecule has 0 spiro atoms. The van der Waals surface area contributed by atoms with Gasteiger partial charge in [0.25, 0.3) is 0 Å². The van der Waals surface area contributed by atoms with Gasteiger partial charge >= 0.3 is 0 Å². The Morgan fingerprint density at radius 1 is 0.485 bits per heavy atom. The Kier molecular flexibility index (Phi) is 15.0. The van der Waals surface area contributed by atoms with E-state index < -0.39 is 0 Å². The lowest BCUT2D eigenvalue weighted by molar-refractivity contribution is 0.250. The molecule has 0 bridgehead atoms. The van der Waals surface area contributed by atoms with Crippen LogP contribution in [0, 0.1) is 0 Å². The average molecular weight is 455 g/mol. The van der Waals surface area contributed by atoms with Crippen molar-refractivity contribution in [2.45, 2.75) is 104 Å². The van der Waals surface area contributed by atoms with Crippen molar-refractivity contribution in [2.75, 3.05) is 13.2 Å². The Bertz CT molecular complexity index is 714. The Morgan fingerprint density at radius 2 is 1.00 bits per heavy atom. The first-order chi connectivity index (χ1) is 16.3. The van der Waals surface area contributed by atoms with Crippen LogP contribution in [0.4, 0.5) is 0 Å². The zero-order valence-electron chi connectivity index (χ0n) is 21.2. The van der Waals surface area contributed by atoms with Crippen molar-refractivity contribution in [3.05, 3.63) is 48.5 Å². The minimum atomic E-state index is 0.691. The Hall–Kier alpha value is -2.16. The smallest absolute Gasteiger partial charge is 0.204 e. The van der Waals surface area contributed by atoms with Gasteiger partial charge < -0.3 is 14.2 Å².